The van der Waals surface area contributed by atoms with E-state index in [0.717, 1.165) is 45.6 Å². The summed E-state index contributed by atoms with van der Waals surface area (Å²) in [5, 5.41) is 0. The van der Waals surface area contributed by atoms with E-state index in [4.69, 9.17) is 15.0 Å². The van der Waals surface area contributed by atoms with Gasteiger partial charge in [0.05, 0.1) is 0 Å². The van der Waals surface area contributed by atoms with Crippen LogP contribution in [0.1, 0.15) is 23.7 Å². The molecule has 0 fully saturated rings. The number of nitrogens with zero attached hydrogens (tertiary/aromatic N) is 3. The third-order valence-corrected chi connectivity index (χ3v) is 13.7. The summed E-state index contributed by atoms with van der Waals surface area (Å²) in [4.78, 5) is 15.6. The number of allylic oxidation sites excluding steroid dienone is 4. The summed E-state index contributed by atoms with van der Waals surface area (Å²) in [6.45, 7) is 0. The van der Waals surface area contributed by atoms with E-state index in [1.54, 1.807) is 0 Å². The second-order valence-corrected chi connectivity index (χ2v) is 18.4. The van der Waals surface area contributed by atoms with Crippen molar-refractivity contribution < 1.29 is 0 Å². The molecule has 0 saturated heterocycles. The van der Waals surface area contributed by atoms with Crippen molar-refractivity contribution in [2.45, 2.75) is 12.3 Å². The molecule has 1 aliphatic carbocycles. The Morgan fingerprint density at radius 3 is 0.861 bits per heavy atom. The van der Waals surface area contributed by atoms with Crippen LogP contribution in [0.15, 0.2) is 279 Å². The molecule has 1 aromatic heterocycles. The first kappa shape index (κ1) is 43.9. The molecule has 10 aromatic carbocycles. The van der Waals surface area contributed by atoms with Crippen molar-refractivity contribution in [3.63, 3.8) is 0 Å². The lowest BCUT2D eigenvalue weighted by atomic mass is 9.91. The Hall–Kier alpha value is -9.31. The summed E-state index contributed by atoms with van der Waals surface area (Å²) >= 11 is 0. The minimum Gasteiger partial charge on any atom is -0.212 e. The standard InChI is InChI=1S/C69H49N3/c1-4-15-48(16-5-1)57-21-10-24-60(43-57)51-31-37-54(38-32-51)67-70-68(55-39-33-52(34-40-55)61-25-13-29-65(46-61)63-27-11-22-58(44-63)49-17-6-2-7-18-49)72-69(71-67)56-41-35-53(36-42-56)62-26-14-30-66(47-62)64-28-12-23-59(45-64)50-19-8-3-9-20-50/h1-37,39-47,54H,38H2. The number of benzene rings is 10. The van der Waals surface area contributed by atoms with Gasteiger partial charge in [0.15, 0.2) is 11.6 Å². The van der Waals surface area contributed by atoms with E-state index in [2.05, 4.69) is 279 Å². The minimum atomic E-state index is -0.0173. The molecule has 0 bridgehead atoms. The van der Waals surface area contributed by atoms with Crippen LogP contribution in [0, 0.1) is 0 Å². The number of hydrogen-bond donors (Lipinski definition) is 0. The highest BCUT2D eigenvalue weighted by molar-refractivity contribution is 5.81. The van der Waals surface area contributed by atoms with Gasteiger partial charge in [0.2, 0.25) is 0 Å². The Bertz CT molecular complexity index is 3560. The van der Waals surface area contributed by atoms with Crippen molar-refractivity contribution >= 4 is 5.57 Å². The summed E-state index contributed by atoms with van der Waals surface area (Å²) in [6, 6.07) is 92.8. The van der Waals surface area contributed by atoms with Crippen molar-refractivity contribution in [2.24, 2.45) is 0 Å². The lowest BCUT2D eigenvalue weighted by Crippen LogP contribution is -2.08. The van der Waals surface area contributed by atoms with Gasteiger partial charge in [-0.1, -0.05) is 249 Å². The van der Waals surface area contributed by atoms with Gasteiger partial charge in [-0.2, -0.15) is 0 Å². The van der Waals surface area contributed by atoms with E-state index in [9.17, 15) is 0 Å². The monoisotopic (exact) mass is 919 g/mol. The Balaban J connectivity index is 0.850. The van der Waals surface area contributed by atoms with Crippen molar-refractivity contribution in [3.8, 4) is 101 Å². The van der Waals surface area contributed by atoms with E-state index in [-0.39, 0.29) is 5.92 Å². The van der Waals surface area contributed by atoms with E-state index in [1.807, 2.05) is 0 Å². The molecule has 12 rings (SSSR count). The predicted molar refractivity (Wildman–Crippen MR) is 300 cm³/mol. The molecule has 1 unspecified atom stereocenters. The second kappa shape index (κ2) is 20.0. The lowest BCUT2D eigenvalue weighted by molar-refractivity contribution is 0.766. The van der Waals surface area contributed by atoms with Gasteiger partial charge in [0.25, 0.3) is 0 Å². The van der Waals surface area contributed by atoms with Crippen molar-refractivity contribution in [2.75, 3.05) is 0 Å². The first-order chi connectivity index (χ1) is 35.6. The maximum absolute atomic E-state index is 5.22. The summed E-state index contributed by atoms with van der Waals surface area (Å²) in [7, 11) is 0. The smallest absolute Gasteiger partial charge is 0.163 e. The van der Waals surface area contributed by atoms with Crippen LogP contribution in [-0.2, 0) is 0 Å². The molecule has 72 heavy (non-hydrogen) atoms. The average molecular weight is 920 g/mol. The summed E-state index contributed by atoms with van der Waals surface area (Å²) in [5.74, 6) is 2.04. The molecule has 0 radical (unpaired) electrons. The normalized spacial score (nSPS) is 13.1. The fourth-order valence-corrected chi connectivity index (χ4v) is 9.75. The predicted octanol–water partition coefficient (Wildman–Crippen LogP) is 18.0. The first-order valence-corrected chi connectivity index (χ1v) is 24.7. The highest BCUT2D eigenvalue weighted by Crippen LogP contribution is 2.36. The topological polar surface area (TPSA) is 38.7 Å². The van der Waals surface area contributed by atoms with E-state index >= 15 is 0 Å². The van der Waals surface area contributed by atoms with Gasteiger partial charge >= 0.3 is 0 Å². The van der Waals surface area contributed by atoms with Crippen LogP contribution >= 0.6 is 0 Å². The minimum absolute atomic E-state index is 0.0173. The maximum Gasteiger partial charge on any atom is 0.163 e. The molecule has 0 spiro atoms. The zero-order valence-electron chi connectivity index (χ0n) is 39.7. The number of hydrogen-bond acceptors (Lipinski definition) is 3. The summed E-state index contributed by atoms with van der Waals surface area (Å²) < 4.78 is 0. The zero-order chi connectivity index (χ0) is 48.1. The second-order valence-electron chi connectivity index (χ2n) is 18.4. The molecule has 3 heteroatoms. The average Bonchev–Trinajstić information content (AvgIpc) is 3.48. The Morgan fingerprint density at radius 1 is 0.250 bits per heavy atom. The SMILES string of the molecule is C1=CC(c2nc(-c3ccc(-c4cccc(-c5cccc(-c6ccccc6)c5)c4)cc3)nc(-c3ccc(-c4cccc(-c5cccc(-c6ccccc6)c5)c4)cc3)n2)CC=C1c1cccc(-c2ccccc2)c1. The van der Waals surface area contributed by atoms with Gasteiger partial charge in [-0.3, -0.25) is 0 Å². The molecule has 0 N–H and O–H groups in total. The van der Waals surface area contributed by atoms with Gasteiger partial charge < -0.3 is 0 Å². The molecule has 11 aromatic rings. The van der Waals surface area contributed by atoms with Gasteiger partial charge in [-0.25, -0.2) is 15.0 Å². The van der Waals surface area contributed by atoms with Gasteiger partial charge in [0.1, 0.15) is 5.82 Å². The highest BCUT2D eigenvalue weighted by atomic mass is 15.0. The Morgan fingerprint density at radius 2 is 0.528 bits per heavy atom. The summed E-state index contributed by atoms with van der Waals surface area (Å²) in [5.41, 5.74) is 20.8. The van der Waals surface area contributed by atoms with E-state index in [0.29, 0.717) is 11.6 Å². The van der Waals surface area contributed by atoms with Gasteiger partial charge in [-0.05, 0) is 126 Å². The van der Waals surface area contributed by atoms with Crippen LogP contribution in [0.2, 0.25) is 0 Å². The fourth-order valence-electron chi connectivity index (χ4n) is 9.75. The molecule has 0 saturated carbocycles. The molecule has 1 aliphatic rings. The molecule has 1 atom stereocenters. The molecule has 3 nitrogen and oxygen atoms in total. The molecule has 0 aliphatic heterocycles. The molecule has 1 heterocycles. The van der Waals surface area contributed by atoms with Crippen LogP contribution in [0.5, 0.6) is 0 Å². The van der Waals surface area contributed by atoms with Crippen LogP contribution in [0.4, 0.5) is 0 Å². The third kappa shape index (κ3) is 9.52. The highest BCUT2D eigenvalue weighted by Gasteiger charge is 2.20. The molecular weight excluding hydrogens is 871 g/mol. The van der Waals surface area contributed by atoms with Crippen LogP contribution in [-0.4, -0.2) is 15.0 Å². The maximum atomic E-state index is 5.22. The van der Waals surface area contributed by atoms with E-state index < -0.39 is 0 Å². The third-order valence-electron chi connectivity index (χ3n) is 13.7. The Kier molecular flexibility index (Phi) is 12.2. The van der Waals surface area contributed by atoms with Crippen LogP contribution in [0.3, 0.4) is 0 Å². The largest absolute Gasteiger partial charge is 0.212 e. The van der Waals surface area contributed by atoms with E-state index in [1.165, 1.54) is 66.8 Å². The lowest BCUT2D eigenvalue weighted by Gasteiger charge is -2.17. The molecule has 340 valence electrons. The first-order valence-electron chi connectivity index (χ1n) is 24.7. The fraction of sp³-hybridized carbons (Fsp3) is 0.0290. The number of aromatic nitrogens is 3. The van der Waals surface area contributed by atoms with Gasteiger partial charge in [0, 0.05) is 17.0 Å². The quantitative estimate of drug-likeness (QED) is 0.130. The molecular formula is C69H49N3. The van der Waals surface area contributed by atoms with Crippen LogP contribution < -0.4 is 0 Å². The van der Waals surface area contributed by atoms with Crippen molar-refractivity contribution in [1.29, 1.82) is 0 Å². The van der Waals surface area contributed by atoms with Gasteiger partial charge in [-0.15, -0.1) is 0 Å². The van der Waals surface area contributed by atoms with Crippen LogP contribution in [0.25, 0.3) is 106 Å². The number of rotatable bonds is 11. The summed E-state index contributed by atoms with van der Waals surface area (Å²) in [6.07, 6.45) is 7.57. The molecule has 0 amide bonds. The van der Waals surface area contributed by atoms with Crippen molar-refractivity contribution in [3.05, 3.63) is 290 Å². The van der Waals surface area contributed by atoms with Crippen molar-refractivity contribution in [1.82, 2.24) is 15.0 Å². The zero-order valence-corrected chi connectivity index (χ0v) is 39.7. The Labute approximate surface area is 421 Å².